The quantitative estimate of drug-likeness (QED) is 0.197. The van der Waals surface area contributed by atoms with E-state index >= 15 is 0 Å². The van der Waals surface area contributed by atoms with Crippen LogP contribution in [0.5, 0.6) is 0 Å². The summed E-state index contributed by atoms with van der Waals surface area (Å²) in [5.74, 6) is 4.54. The molecule has 38 heavy (non-hydrogen) atoms. The molecular formula is C28H40N5O5. The van der Waals surface area contributed by atoms with Crippen molar-refractivity contribution in [2.24, 2.45) is 11.7 Å². The molecule has 1 aromatic rings. The summed E-state index contributed by atoms with van der Waals surface area (Å²) < 4.78 is 5.69. The van der Waals surface area contributed by atoms with Crippen molar-refractivity contribution in [2.45, 2.75) is 77.0 Å². The Morgan fingerprint density at radius 2 is 1.82 bits per heavy atom. The van der Waals surface area contributed by atoms with Gasteiger partial charge in [-0.2, -0.15) is 0 Å². The highest BCUT2D eigenvalue weighted by Crippen LogP contribution is 2.12. The van der Waals surface area contributed by atoms with Crippen LogP contribution in [-0.2, 0) is 19.1 Å². The lowest BCUT2D eigenvalue weighted by molar-refractivity contribution is -0.134. The number of primary amides is 1. The molecular weight excluding hydrogens is 486 g/mol. The number of carbonyl (C=O) groups excluding carboxylic acids is 4. The molecule has 1 aliphatic rings. The van der Waals surface area contributed by atoms with Gasteiger partial charge in [0.05, 0.1) is 0 Å². The number of urea groups is 1. The number of benzene rings is 1. The smallest absolute Gasteiger partial charge is 0.312 e. The van der Waals surface area contributed by atoms with Crippen LogP contribution in [0.2, 0.25) is 0 Å². The second kappa shape index (κ2) is 16.3. The average molecular weight is 527 g/mol. The Morgan fingerprint density at radius 3 is 2.50 bits per heavy atom. The monoisotopic (exact) mass is 526 g/mol. The predicted octanol–water partition coefficient (Wildman–Crippen LogP) is 2.23. The molecule has 10 nitrogen and oxygen atoms in total. The maximum Gasteiger partial charge on any atom is 0.312 e. The lowest BCUT2D eigenvalue weighted by Crippen LogP contribution is -2.55. The van der Waals surface area contributed by atoms with Gasteiger partial charge in [-0.15, -0.1) is 5.92 Å². The van der Waals surface area contributed by atoms with Gasteiger partial charge in [-0.25, -0.2) is 4.79 Å². The molecule has 2 rings (SSSR count). The fraction of sp³-hybridized carbons (Fsp3) is 0.536. The van der Waals surface area contributed by atoms with Crippen molar-refractivity contribution >= 4 is 29.4 Å². The van der Waals surface area contributed by atoms with Crippen LogP contribution in [0.1, 0.15) is 64.4 Å². The van der Waals surface area contributed by atoms with E-state index in [0.29, 0.717) is 12.1 Å². The van der Waals surface area contributed by atoms with Crippen molar-refractivity contribution in [1.29, 1.82) is 0 Å². The SMILES string of the molecule is [CH2]c1ccc(NC(=O)[C@H](CCCNC(N)=O)NC(=O)[C@@H](NC(=O)COC2C#CCCCCC2)C(C)C)cc1. The molecule has 1 unspecified atom stereocenters. The zero-order chi connectivity index (χ0) is 27.9. The molecule has 0 saturated carbocycles. The summed E-state index contributed by atoms with van der Waals surface area (Å²) >= 11 is 0. The molecule has 10 heteroatoms. The number of rotatable bonds is 13. The Kier molecular flexibility index (Phi) is 13.1. The van der Waals surface area contributed by atoms with Crippen LogP contribution >= 0.6 is 0 Å². The van der Waals surface area contributed by atoms with E-state index in [9.17, 15) is 19.2 Å². The highest BCUT2D eigenvalue weighted by atomic mass is 16.5. The van der Waals surface area contributed by atoms with Crippen molar-refractivity contribution in [1.82, 2.24) is 16.0 Å². The van der Waals surface area contributed by atoms with Gasteiger partial charge in [-0.05, 0) is 62.6 Å². The second-order valence-corrected chi connectivity index (χ2v) is 9.69. The lowest BCUT2D eigenvalue weighted by Gasteiger charge is -2.25. The van der Waals surface area contributed by atoms with Crippen LogP contribution in [0.4, 0.5) is 10.5 Å². The minimum atomic E-state index is -0.906. The summed E-state index contributed by atoms with van der Waals surface area (Å²) in [5.41, 5.74) is 6.46. The van der Waals surface area contributed by atoms with E-state index < -0.39 is 35.8 Å². The van der Waals surface area contributed by atoms with Gasteiger partial charge in [0, 0.05) is 18.7 Å². The van der Waals surface area contributed by atoms with Crippen molar-refractivity contribution in [2.75, 3.05) is 18.5 Å². The summed E-state index contributed by atoms with van der Waals surface area (Å²) in [6.07, 6.45) is 5.10. The average Bonchev–Trinajstić information content (AvgIpc) is 2.84. The number of hydrogen-bond acceptors (Lipinski definition) is 5. The Hall–Kier alpha value is -3.58. The Bertz CT molecular complexity index is 999. The van der Waals surface area contributed by atoms with E-state index in [1.54, 1.807) is 38.1 Å². The van der Waals surface area contributed by atoms with Crippen LogP contribution < -0.4 is 27.0 Å². The molecule has 0 aliphatic heterocycles. The number of nitrogens with two attached hydrogens (primary N) is 1. The summed E-state index contributed by atoms with van der Waals surface area (Å²) in [5, 5.41) is 10.7. The molecule has 6 N–H and O–H groups in total. The maximum atomic E-state index is 13.2. The van der Waals surface area contributed by atoms with Crippen molar-refractivity contribution in [3.05, 3.63) is 36.8 Å². The number of anilines is 1. The molecule has 0 heterocycles. The number of carbonyl (C=O) groups is 4. The molecule has 207 valence electrons. The van der Waals surface area contributed by atoms with Gasteiger partial charge >= 0.3 is 6.03 Å². The third-order valence-electron chi connectivity index (χ3n) is 6.04. The highest BCUT2D eigenvalue weighted by molar-refractivity contribution is 5.98. The largest absolute Gasteiger partial charge is 0.356 e. The van der Waals surface area contributed by atoms with Gasteiger partial charge in [-0.3, -0.25) is 14.4 Å². The van der Waals surface area contributed by atoms with Gasteiger partial charge < -0.3 is 31.7 Å². The molecule has 0 bridgehead atoms. The molecule has 1 radical (unpaired) electrons. The summed E-state index contributed by atoms with van der Waals surface area (Å²) in [4.78, 5) is 49.8. The van der Waals surface area contributed by atoms with Gasteiger partial charge in [0.15, 0.2) is 0 Å². The molecule has 0 aromatic heterocycles. The topological polar surface area (TPSA) is 152 Å². The van der Waals surface area contributed by atoms with E-state index in [1.165, 1.54) is 0 Å². The third kappa shape index (κ3) is 11.6. The molecule has 0 fully saturated rings. The van der Waals surface area contributed by atoms with E-state index in [1.807, 2.05) is 0 Å². The van der Waals surface area contributed by atoms with Crippen LogP contribution in [0.25, 0.3) is 0 Å². The molecule has 5 amide bonds. The predicted molar refractivity (Wildman–Crippen MR) is 146 cm³/mol. The lowest BCUT2D eigenvalue weighted by atomic mass is 10.0. The molecule has 0 saturated heterocycles. The Balaban J connectivity index is 2.00. The number of ether oxygens (including phenoxy) is 1. The first kappa shape index (κ1) is 30.6. The zero-order valence-electron chi connectivity index (χ0n) is 22.3. The Morgan fingerprint density at radius 1 is 1.08 bits per heavy atom. The van der Waals surface area contributed by atoms with Crippen LogP contribution in [0, 0.1) is 24.7 Å². The van der Waals surface area contributed by atoms with Gasteiger partial charge in [-0.1, -0.05) is 38.3 Å². The van der Waals surface area contributed by atoms with E-state index in [0.717, 1.165) is 37.7 Å². The fourth-order valence-corrected chi connectivity index (χ4v) is 3.89. The van der Waals surface area contributed by atoms with Gasteiger partial charge in [0.1, 0.15) is 24.8 Å². The van der Waals surface area contributed by atoms with E-state index in [-0.39, 0.29) is 31.6 Å². The normalized spacial score (nSPS) is 16.6. The minimum Gasteiger partial charge on any atom is -0.356 e. The molecule has 1 aromatic carbocycles. The van der Waals surface area contributed by atoms with Crippen LogP contribution in [0.3, 0.4) is 0 Å². The minimum absolute atomic E-state index is 0.208. The maximum absolute atomic E-state index is 13.2. The summed E-state index contributed by atoms with van der Waals surface area (Å²) in [6.45, 7) is 7.47. The van der Waals surface area contributed by atoms with Crippen molar-refractivity contribution in [3.8, 4) is 11.8 Å². The zero-order valence-corrected chi connectivity index (χ0v) is 22.3. The molecule has 0 spiro atoms. The number of amides is 5. The van der Waals surface area contributed by atoms with Gasteiger partial charge in [0.25, 0.3) is 0 Å². The standard InChI is InChI=1S/C28H40N5O5/c1-19(2)25(33-24(34)18-38-22-10-7-5-4-6-8-11-22)27(36)32-23(12-9-17-30-28(29)37)26(35)31-21-15-13-20(3)14-16-21/h13-16,19,22-23,25H,3-7,9-10,12,17-18H2,1-2H3,(H,31,35)(H,32,36)(H,33,34)(H3,29,30,37)/t22?,23-,25-/m0/s1. The van der Waals surface area contributed by atoms with E-state index in [2.05, 4.69) is 40.0 Å². The second-order valence-electron chi connectivity index (χ2n) is 9.69. The molecule has 1 aliphatic carbocycles. The van der Waals surface area contributed by atoms with Gasteiger partial charge in [0.2, 0.25) is 17.7 Å². The Labute approximate surface area is 225 Å². The van der Waals surface area contributed by atoms with Crippen molar-refractivity contribution in [3.63, 3.8) is 0 Å². The third-order valence-corrected chi connectivity index (χ3v) is 6.04. The number of nitrogens with one attached hydrogen (secondary N) is 4. The fourth-order valence-electron chi connectivity index (χ4n) is 3.89. The highest BCUT2D eigenvalue weighted by Gasteiger charge is 2.29. The van der Waals surface area contributed by atoms with Crippen LogP contribution in [0.15, 0.2) is 24.3 Å². The first-order valence-electron chi connectivity index (χ1n) is 13.1. The van der Waals surface area contributed by atoms with Crippen LogP contribution in [-0.4, -0.2) is 55.1 Å². The number of hydrogen-bond donors (Lipinski definition) is 5. The van der Waals surface area contributed by atoms with Crippen molar-refractivity contribution < 1.29 is 23.9 Å². The first-order valence-corrected chi connectivity index (χ1v) is 13.1. The summed E-state index contributed by atoms with van der Waals surface area (Å²) in [7, 11) is 0. The first-order chi connectivity index (χ1) is 18.2. The summed E-state index contributed by atoms with van der Waals surface area (Å²) in [6, 6.07) is 4.49. The molecule has 3 atom stereocenters. The van der Waals surface area contributed by atoms with E-state index in [4.69, 9.17) is 10.5 Å².